The number of amides is 1. The summed E-state index contributed by atoms with van der Waals surface area (Å²) in [6.45, 7) is 5.43. The Hall–Kier alpha value is -2.54. The molecular formula is C21H26N2O4S. The third-order valence-electron chi connectivity index (χ3n) is 4.68. The lowest BCUT2D eigenvalue weighted by molar-refractivity contribution is -0.129. The number of anilines is 1. The first kappa shape index (κ1) is 20.2. The molecule has 0 radical (unpaired) electrons. The van der Waals surface area contributed by atoms with Crippen molar-refractivity contribution in [2.45, 2.75) is 38.8 Å². The molecule has 150 valence electrons. The molecule has 1 unspecified atom stereocenters. The van der Waals surface area contributed by atoms with Crippen molar-refractivity contribution >= 4 is 21.6 Å². The summed E-state index contributed by atoms with van der Waals surface area (Å²) in [5.74, 6) is 0.0216. The number of carbonyl (C=O) groups excluding carboxylic acids is 1. The Labute approximate surface area is 166 Å². The van der Waals surface area contributed by atoms with Crippen molar-refractivity contribution in [3.8, 4) is 5.75 Å². The Morgan fingerprint density at radius 1 is 1.14 bits per heavy atom. The molecule has 7 heteroatoms. The summed E-state index contributed by atoms with van der Waals surface area (Å²) in [5.41, 5.74) is 1.07. The number of nitrogens with zero attached hydrogens (tertiary/aromatic N) is 1. The fourth-order valence-electron chi connectivity index (χ4n) is 3.32. The number of hydrogen-bond donors (Lipinski definition) is 1. The molecule has 0 saturated carbocycles. The Kier molecular flexibility index (Phi) is 5.65. The molecule has 2 aromatic carbocycles. The van der Waals surface area contributed by atoms with Crippen LogP contribution in [-0.2, 0) is 21.2 Å². The standard InChI is InChI=1S/C21H26N2O4S/c1-4-28(25,26)23-15-19(27-18-13-9-8-12-17(18)23)20(24)22-21(2,3)14-16-10-6-5-7-11-16/h5-13,19H,4,14-15H2,1-3H3,(H,22,24). The summed E-state index contributed by atoms with van der Waals surface area (Å²) >= 11 is 0. The molecule has 1 amide bonds. The summed E-state index contributed by atoms with van der Waals surface area (Å²) in [6.07, 6.45) is -0.258. The minimum atomic E-state index is -3.52. The van der Waals surface area contributed by atoms with Gasteiger partial charge in [-0.25, -0.2) is 8.42 Å². The van der Waals surface area contributed by atoms with Crippen molar-refractivity contribution in [3.05, 3.63) is 60.2 Å². The number of nitrogens with one attached hydrogen (secondary N) is 1. The monoisotopic (exact) mass is 402 g/mol. The van der Waals surface area contributed by atoms with Gasteiger partial charge in [0.15, 0.2) is 6.10 Å². The van der Waals surface area contributed by atoms with Gasteiger partial charge in [0.1, 0.15) is 5.75 Å². The molecule has 1 aliphatic rings. The van der Waals surface area contributed by atoms with Gasteiger partial charge in [0.2, 0.25) is 10.0 Å². The Morgan fingerprint density at radius 2 is 1.79 bits per heavy atom. The molecule has 0 fully saturated rings. The van der Waals surface area contributed by atoms with E-state index in [1.165, 1.54) is 4.31 Å². The molecule has 1 atom stereocenters. The number of rotatable bonds is 6. The molecule has 1 heterocycles. The van der Waals surface area contributed by atoms with Crippen molar-refractivity contribution < 1.29 is 17.9 Å². The summed E-state index contributed by atoms with van der Waals surface area (Å²) in [5, 5.41) is 3.01. The van der Waals surface area contributed by atoms with Gasteiger partial charge in [-0.2, -0.15) is 0 Å². The van der Waals surface area contributed by atoms with Crippen LogP contribution in [0.15, 0.2) is 54.6 Å². The fourth-order valence-corrected chi connectivity index (χ4v) is 4.45. The first-order valence-corrected chi connectivity index (χ1v) is 10.9. The SMILES string of the molecule is CCS(=O)(=O)N1CC(C(=O)NC(C)(C)Cc2ccccc2)Oc2ccccc21. The van der Waals surface area contributed by atoms with Crippen LogP contribution in [0.2, 0.25) is 0 Å². The Morgan fingerprint density at radius 3 is 2.46 bits per heavy atom. The van der Waals surface area contributed by atoms with E-state index in [9.17, 15) is 13.2 Å². The van der Waals surface area contributed by atoms with E-state index in [4.69, 9.17) is 4.74 Å². The smallest absolute Gasteiger partial charge is 0.263 e. The third kappa shape index (κ3) is 4.47. The van der Waals surface area contributed by atoms with Gasteiger partial charge in [0.05, 0.1) is 18.0 Å². The lowest BCUT2D eigenvalue weighted by Gasteiger charge is -2.36. The molecule has 1 aliphatic heterocycles. The highest BCUT2D eigenvalue weighted by atomic mass is 32.2. The molecule has 2 aromatic rings. The van der Waals surface area contributed by atoms with Crippen molar-refractivity contribution in [3.63, 3.8) is 0 Å². The number of carbonyl (C=O) groups is 1. The number of fused-ring (bicyclic) bond motifs is 1. The van der Waals surface area contributed by atoms with Gasteiger partial charge in [-0.3, -0.25) is 9.10 Å². The van der Waals surface area contributed by atoms with E-state index in [2.05, 4.69) is 5.32 Å². The first-order valence-electron chi connectivity index (χ1n) is 9.34. The van der Waals surface area contributed by atoms with Gasteiger partial charge in [-0.05, 0) is 44.9 Å². The zero-order chi connectivity index (χ0) is 20.4. The Bertz CT molecular complexity index is 942. The molecule has 1 N–H and O–H groups in total. The maximum Gasteiger partial charge on any atom is 0.263 e. The number of sulfonamides is 1. The second-order valence-corrected chi connectivity index (χ2v) is 9.72. The second kappa shape index (κ2) is 7.83. The fraction of sp³-hybridized carbons (Fsp3) is 0.381. The lowest BCUT2D eigenvalue weighted by Crippen LogP contribution is -2.55. The first-order chi connectivity index (χ1) is 13.2. The van der Waals surface area contributed by atoms with Gasteiger partial charge >= 0.3 is 0 Å². The third-order valence-corrected chi connectivity index (χ3v) is 6.43. The molecule has 0 aliphatic carbocycles. The minimum absolute atomic E-state index is 0.0412. The largest absolute Gasteiger partial charge is 0.476 e. The van der Waals surface area contributed by atoms with Crippen molar-refractivity contribution in [2.24, 2.45) is 0 Å². The second-order valence-electron chi connectivity index (χ2n) is 7.54. The van der Waals surface area contributed by atoms with E-state index in [1.807, 2.05) is 44.2 Å². The summed E-state index contributed by atoms with van der Waals surface area (Å²) in [4.78, 5) is 12.9. The van der Waals surface area contributed by atoms with Crippen LogP contribution < -0.4 is 14.4 Å². The highest BCUT2D eigenvalue weighted by Crippen LogP contribution is 2.35. The highest BCUT2D eigenvalue weighted by Gasteiger charge is 2.37. The molecule has 0 spiro atoms. The molecule has 28 heavy (non-hydrogen) atoms. The molecular weight excluding hydrogens is 376 g/mol. The van der Waals surface area contributed by atoms with Crippen molar-refractivity contribution in [2.75, 3.05) is 16.6 Å². The predicted molar refractivity (Wildman–Crippen MR) is 110 cm³/mol. The number of para-hydroxylation sites is 2. The van der Waals surface area contributed by atoms with Crippen molar-refractivity contribution in [1.82, 2.24) is 5.32 Å². The number of hydrogen-bond acceptors (Lipinski definition) is 4. The van der Waals surface area contributed by atoms with E-state index in [0.29, 0.717) is 17.9 Å². The Balaban J connectivity index is 1.79. The van der Waals surface area contributed by atoms with Crippen molar-refractivity contribution in [1.29, 1.82) is 0 Å². The topological polar surface area (TPSA) is 75.7 Å². The zero-order valence-corrected chi connectivity index (χ0v) is 17.2. The summed E-state index contributed by atoms with van der Waals surface area (Å²) in [6, 6.07) is 16.8. The average Bonchev–Trinajstić information content (AvgIpc) is 2.67. The van der Waals surface area contributed by atoms with Gasteiger partial charge in [0, 0.05) is 5.54 Å². The molecule has 0 aromatic heterocycles. The van der Waals surface area contributed by atoms with Crippen LogP contribution in [0.4, 0.5) is 5.69 Å². The van der Waals surface area contributed by atoms with Crippen LogP contribution in [-0.4, -0.2) is 38.3 Å². The summed E-state index contributed by atoms with van der Waals surface area (Å²) in [7, 11) is -3.52. The van der Waals surface area contributed by atoms with E-state index in [1.54, 1.807) is 31.2 Å². The van der Waals surface area contributed by atoms with Crippen LogP contribution >= 0.6 is 0 Å². The maximum atomic E-state index is 12.9. The summed E-state index contributed by atoms with van der Waals surface area (Å²) < 4.78 is 32.2. The molecule has 3 rings (SSSR count). The van der Waals surface area contributed by atoms with E-state index in [-0.39, 0.29) is 18.2 Å². The molecule has 0 bridgehead atoms. The van der Waals surface area contributed by atoms with Crippen LogP contribution in [0.5, 0.6) is 5.75 Å². The van der Waals surface area contributed by atoms with Crippen LogP contribution in [0.25, 0.3) is 0 Å². The highest BCUT2D eigenvalue weighted by molar-refractivity contribution is 7.92. The predicted octanol–water partition coefficient (Wildman–Crippen LogP) is 2.74. The van der Waals surface area contributed by atoms with Crippen LogP contribution in [0.1, 0.15) is 26.3 Å². The van der Waals surface area contributed by atoms with Crippen LogP contribution in [0.3, 0.4) is 0 Å². The average molecular weight is 403 g/mol. The molecule has 6 nitrogen and oxygen atoms in total. The normalized spacial score (nSPS) is 16.8. The van der Waals surface area contributed by atoms with E-state index in [0.717, 1.165) is 5.56 Å². The van der Waals surface area contributed by atoms with Gasteiger partial charge < -0.3 is 10.1 Å². The maximum absolute atomic E-state index is 12.9. The lowest BCUT2D eigenvalue weighted by atomic mass is 9.94. The van der Waals surface area contributed by atoms with Gasteiger partial charge in [-0.15, -0.1) is 0 Å². The zero-order valence-electron chi connectivity index (χ0n) is 16.4. The van der Waals surface area contributed by atoms with E-state index < -0.39 is 21.7 Å². The molecule has 0 saturated heterocycles. The number of benzene rings is 2. The van der Waals surface area contributed by atoms with Gasteiger partial charge in [-0.1, -0.05) is 42.5 Å². The number of ether oxygens (including phenoxy) is 1. The minimum Gasteiger partial charge on any atom is -0.476 e. The van der Waals surface area contributed by atoms with Gasteiger partial charge in [0.25, 0.3) is 5.91 Å². The quantitative estimate of drug-likeness (QED) is 0.806. The van der Waals surface area contributed by atoms with Crippen LogP contribution in [0, 0.1) is 0 Å². The van der Waals surface area contributed by atoms with E-state index >= 15 is 0 Å².